The van der Waals surface area contributed by atoms with Crippen LogP contribution in [-0.4, -0.2) is 18.5 Å². The van der Waals surface area contributed by atoms with E-state index in [1.54, 1.807) is 31.2 Å². The Kier molecular flexibility index (Phi) is 5.39. The fraction of sp³-hybridized carbons (Fsp3) is 0.300. The minimum absolute atomic E-state index is 0.0535. The van der Waals surface area contributed by atoms with Gasteiger partial charge < -0.3 is 10.1 Å². The van der Waals surface area contributed by atoms with Crippen LogP contribution in [0.1, 0.15) is 54.0 Å². The molecule has 0 aliphatic heterocycles. The fourth-order valence-corrected chi connectivity index (χ4v) is 2.23. The van der Waals surface area contributed by atoms with Gasteiger partial charge in [0.15, 0.2) is 0 Å². The number of hydrogen-bond acceptors (Lipinski definition) is 3. The molecule has 0 aliphatic rings. The average Bonchev–Trinajstić information content (AvgIpc) is 2.55. The molecule has 4 nitrogen and oxygen atoms in total. The monoisotopic (exact) mass is 325 g/mol. The molecule has 0 atom stereocenters. The molecule has 2 aromatic carbocycles. The summed E-state index contributed by atoms with van der Waals surface area (Å²) in [4.78, 5) is 23.9. The zero-order valence-electron chi connectivity index (χ0n) is 14.6. The molecule has 0 unspecified atom stereocenters. The maximum Gasteiger partial charge on any atom is 0.338 e. The Morgan fingerprint density at radius 1 is 0.917 bits per heavy atom. The average molecular weight is 325 g/mol. The molecule has 2 aromatic rings. The van der Waals surface area contributed by atoms with Gasteiger partial charge in [-0.05, 0) is 54.3 Å². The molecule has 0 saturated heterocycles. The minimum atomic E-state index is -0.367. The van der Waals surface area contributed by atoms with Crippen molar-refractivity contribution < 1.29 is 14.3 Å². The van der Waals surface area contributed by atoms with Gasteiger partial charge in [-0.2, -0.15) is 0 Å². The largest absolute Gasteiger partial charge is 0.462 e. The highest BCUT2D eigenvalue weighted by molar-refractivity contribution is 6.04. The predicted molar refractivity (Wildman–Crippen MR) is 95.5 cm³/mol. The predicted octanol–water partition coefficient (Wildman–Crippen LogP) is 4.41. The van der Waals surface area contributed by atoms with Gasteiger partial charge in [0.25, 0.3) is 5.91 Å². The van der Waals surface area contributed by atoms with E-state index in [2.05, 4.69) is 26.1 Å². The summed E-state index contributed by atoms with van der Waals surface area (Å²) in [5.41, 5.74) is 2.92. The summed E-state index contributed by atoms with van der Waals surface area (Å²) in [7, 11) is 0. The van der Waals surface area contributed by atoms with Gasteiger partial charge >= 0.3 is 5.97 Å². The molecule has 126 valence electrons. The highest BCUT2D eigenvalue weighted by Gasteiger charge is 2.14. The molecule has 0 spiro atoms. The highest BCUT2D eigenvalue weighted by Crippen LogP contribution is 2.22. The summed E-state index contributed by atoms with van der Waals surface area (Å²) in [5, 5.41) is 2.82. The van der Waals surface area contributed by atoms with Gasteiger partial charge in [0.2, 0.25) is 0 Å². The Morgan fingerprint density at radius 2 is 1.46 bits per heavy atom. The van der Waals surface area contributed by atoms with Gasteiger partial charge in [-0.3, -0.25) is 4.79 Å². The number of carbonyl (C=O) groups excluding carboxylic acids is 2. The lowest BCUT2D eigenvalue weighted by molar-refractivity contribution is 0.0526. The zero-order chi connectivity index (χ0) is 17.7. The van der Waals surface area contributed by atoms with E-state index in [4.69, 9.17) is 4.74 Å². The third-order valence-electron chi connectivity index (χ3n) is 3.67. The molecule has 0 radical (unpaired) electrons. The van der Waals surface area contributed by atoms with E-state index in [0.29, 0.717) is 23.4 Å². The van der Waals surface area contributed by atoms with Crippen LogP contribution in [0.4, 0.5) is 5.69 Å². The summed E-state index contributed by atoms with van der Waals surface area (Å²) in [5.74, 6) is -0.549. The van der Waals surface area contributed by atoms with Crippen LogP contribution in [-0.2, 0) is 10.2 Å². The number of anilines is 1. The SMILES string of the molecule is CCOC(=O)c1ccc(NC(=O)c2ccc(C(C)(C)C)cc2)cc1. The van der Waals surface area contributed by atoms with Crippen molar-refractivity contribution in [3.8, 4) is 0 Å². The van der Waals surface area contributed by atoms with Crippen LogP contribution in [0.25, 0.3) is 0 Å². The van der Waals surface area contributed by atoms with Gasteiger partial charge in [-0.15, -0.1) is 0 Å². The van der Waals surface area contributed by atoms with Gasteiger partial charge in [0, 0.05) is 11.3 Å². The van der Waals surface area contributed by atoms with Crippen LogP contribution in [0.15, 0.2) is 48.5 Å². The summed E-state index contributed by atoms with van der Waals surface area (Å²) in [6, 6.07) is 14.2. The summed E-state index contributed by atoms with van der Waals surface area (Å²) in [6.07, 6.45) is 0. The number of nitrogens with one attached hydrogen (secondary N) is 1. The second kappa shape index (κ2) is 7.30. The number of ether oxygens (including phenoxy) is 1. The van der Waals surface area contributed by atoms with Gasteiger partial charge in [0.1, 0.15) is 0 Å². The third kappa shape index (κ3) is 4.44. The van der Waals surface area contributed by atoms with E-state index < -0.39 is 0 Å². The minimum Gasteiger partial charge on any atom is -0.462 e. The molecule has 0 heterocycles. The molecular formula is C20H23NO3. The van der Waals surface area contributed by atoms with E-state index in [9.17, 15) is 9.59 Å². The van der Waals surface area contributed by atoms with Crippen molar-refractivity contribution >= 4 is 17.6 Å². The summed E-state index contributed by atoms with van der Waals surface area (Å²) >= 11 is 0. The molecule has 1 amide bonds. The van der Waals surface area contributed by atoms with Crippen molar-refractivity contribution in [1.82, 2.24) is 0 Å². The molecule has 0 fully saturated rings. The molecular weight excluding hydrogens is 302 g/mol. The molecule has 0 saturated carbocycles. The van der Waals surface area contributed by atoms with Crippen molar-refractivity contribution in [1.29, 1.82) is 0 Å². The van der Waals surface area contributed by atoms with E-state index in [1.807, 2.05) is 24.3 Å². The molecule has 0 aromatic heterocycles. The Balaban J connectivity index is 2.05. The van der Waals surface area contributed by atoms with Crippen LogP contribution in [0.5, 0.6) is 0 Å². The van der Waals surface area contributed by atoms with Crippen molar-refractivity contribution in [2.24, 2.45) is 0 Å². The van der Waals surface area contributed by atoms with Crippen molar-refractivity contribution in [3.63, 3.8) is 0 Å². The number of hydrogen-bond donors (Lipinski definition) is 1. The third-order valence-corrected chi connectivity index (χ3v) is 3.67. The van der Waals surface area contributed by atoms with Gasteiger partial charge in [-0.25, -0.2) is 4.79 Å². The Hall–Kier alpha value is -2.62. The first-order chi connectivity index (χ1) is 11.3. The first kappa shape index (κ1) is 17.7. The summed E-state index contributed by atoms with van der Waals surface area (Å²) < 4.78 is 4.93. The number of rotatable bonds is 4. The lowest BCUT2D eigenvalue weighted by Gasteiger charge is -2.19. The van der Waals surface area contributed by atoms with Crippen molar-refractivity contribution in [3.05, 3.63) is 65.2 Å². The maximum atomic E-state index is 12.3. The zero-order valence-corrected chi connectivity index (χ0v) is 14.6. The Labute approximate surface area is 142 Å². The topological polar surface area (TPSA) is 55.4 Å². The number of esters is 1. The smallest absolute Gasteiger partial charge is 0.338 e. The number of amides is 1. The Bertz CT molecular complexity index is 710. The normalized spacial score (nSPS) is 11.0. The van der Waals surface area contributed by atoms with Crippen LogP contribution >= 0.6 is 0 Å². The molecule has 24 heavy (non-hydrogen) atoms. The van der Waals surface area contributed by atoms with Gasteiger partial charge in [-0.1, -0.05) is 32.9 Å². The highest BCUT2D eigenvalue weighted by atomic mass is 16.5. The van der Waals surface area contributed by atoms with Crippen molar-refractivity contribution in [2.75, 3.05) is 11.9 Å². The molecule has 0 aliphatic carbocycles. The first-order valence-corrected chi connectivity index (χ1v) is 8.00. The van der Waals surface area contributed by atoms with Crippen LogP contribution in [0.3, 0.4) is 0 Å². The first-order valence-electron chi connectivity index (χ1n) is 8.00. The van der Waals surface area contributed by atoms with Crippen molar-refractivity contribution in [2.45, 2.75) is 33.1 Å². The molecule has 1 N–H and O–H groups in total. The second-order valence-electron chi connectivity index (χ2n) is 6.58. The number of carbonyl (C=O) groups is 2. The summed E-state index contributed by atoms with van der Waals surface area (Å²) in [6.45, 7) is 8.49. The fourth-order valence-electron chi connectivity index (χ4n) is 2.23. The van der Waals surface area contributed by atoms with Crippen LogP contribution < -0.4 is 5.32 Å². The van der Waals surface area contributed by atoms with E-state index >= 15 is 0 Å². The second-order valence-corrected chi connectivity index (χ2v) is 6.58. The van der Waals surface area contributed by atoms with E-state index in [-0.39, 0.29) is 17.3 Å². The Morgan fingerprint density at radius 3 is 1.96 bits per heavy atom. The van der Waals surface area contributed by atoms with E-state index in [1.165, 1.54) is 5.56 Å². The molecule has 4 heteroatoms. The van der Waals surface area contributed by atoms with Crippen LogP contribution in [0.2, 0.25) is 0 Å². The lowest BCUT2D eigenvalue weighted by atomic mass is 9.87. The number of benzene rings is 2. The molecule has 2 rings (SSSR count). The lowest BCUT2D eigenvalue weighted by Crippen LogP contribution is -2.14. The maximum absolute atomic E-state index is 12.3. The quantitative estimate of drug-likeness (QED) is 0.847. The van der Waals surface area contributed by atoms with Crippen LogP contribution in [0, 0.1) is 0 Å². The van der Waals surface area contributed by atoms with E-state index in [0.717, 1.165) is 0 Å². The van der Waals surface area contributed by atoms with Gasteiger partial charge in [0.05, 0.1) is 12.2 Å². The molecule has 0 bridgehead atoms. The standard InChI is InChI=1S/C20H23NO3/c1-5-24-19(23)15-8-12-17(13-9-15)21-18(22)14-6-10-16(11-7-14)20(2,3)4/h6-13H,5H2,1-4H3,(H,21,22).